The van der Waals surface area contributed by atoms with Gasteiger partial charge in [0.05, 0.1) is 17.4 Å². The molecule has 0 aliphatic heterocycles. The molecule has 8 nitrogen and oxygen atoms in total. The number of anilines is 4. The number of carbonyl (C=O) groups excluding carboxylic acids is 1. The van der Waals surface area contributed by atoms with Gasteiger partial charge in [0.25, 0.3) is 5.91 Å². The van der Waals surface area contributed by atoms with Crippen LogP contribution in [0.5, 0.6) is 0 Å². The molecule has 0 aliphatic rings. The van der Waals surface area contributed by atoms with E-state index in [4.69, 9.17) is 5.73 Å². The molecule has 8 heteroatoms. The van der Waals surface area contributed by atoms with Gasteiger partial charge in [0.1, 0.15) is 11.6 Å². The number of nitrogens with two attached hydrogens (primary N) is 1. The molecule has 2 aromatic heterocycles. The minimum atomic E-state index is -0.544. The summed E-state index contributed by atoms with van der Waals surface area (Å²) in [5.74, 6) is 0.543. The van der Waals surface area contributed by atoms with Crippen LogP contribution in [0.4, 0.5) is 23.0 Å². The Kier molecular flexibility index (Phi) is 5.46. The van der Waals surface area contributed by atoms with Crippen LogP contribution in [0.2, 0.25) is 0 Å². The Bertz CT molecular complexity index is 928. The average Bonchev–Trinajstić information content (AvgIpc) is 2.67. The molecule has 0 fully saturated rings. The maximum Gasteiger partial charge on any atom is 0.252 e. The maximum absolute atomic E-state index is 11.8. The number of nitrogens with zero attached hydrogens (tertiary/aromatic N) is 4. The average molecular weight is 363 g/mol. The monoisotopic (exact) mass is 363 g/mol. The molecule has 0 atom stereocenters. The second-order valence-electron chi connectivity index (χ2n) is 6.07. The highest BCUT2D eigenvalue weighted by atomic mass is 16.1. The third-order valence-electron chi connectivity index (χ3n) is 3.93. The third-order valence-corrected chi connectivity index (χ3v) is 3.93. The van der Waals surface area contributed by atoms with Crippen molar-refractivity contribution in [1.82, 2.24) is 15.0 Å². The molecule has 1 aromatic carbocycles. The second-order valence-corrected chi connectivity index (χ2v) is 6.07. The Morgan fingerprint density at radius 3 is 2.63 bits per heavy atom. The van der Waals surface area contributed by atoms with E-state index in [0.29, 0.717) is 29.4 Å². The summed E-state index contributed by atoms with van der Waals surface area (Å²) in [5.41, 5.74) is 8.60. The first-order valence-corrected chi connectivity index (χ1v) is 8.36. The lowest BCUT2D eigenvalue weighted by Gasteiger charge is -2.19. The van der Waals surface area contributed by atoms with Gasteiger partial charge in [-0.2, -0.15) is 0 Å². The van der Waals surface area contributed by atoms with Gasteiger partial charge in [-0.1, -0.05) is 18.2 Å². The summed E-state index contributed by atoms with van der Waals surface area (Å²) in [7, 11) is 3.98. The SMILES string of the molecule is CN(C)c1ccccc1CNc1cc(Nc2cnccn2)ncc1C(N)=O. The Labute approximate surface area is 157 Å². The first kappa shape index (κ1) is 18.1. The highest BCUT2D eigenvalue weighted by molar-refractivity contribution is 5.98. The number of pyridine rings is 1. The minimum absolute atomic E-state index is 0.321. The van der Waals surface area contributed by atoms with Crippen molar-refractivity contribution >= 4 is 28.9 Å². The van der Waals surface area contributed by atoms with Crippen molar-refractivity contribution in [3.8, 4) is 0 Å². The molecule has 2 heterocycles. The van der Waals surface area contributed by atoms with Crippen LogP contribution in [-0.4, -0.2) is 35.0 Å². The quantitative estimate of drug-likeness (QED) is 0.591. The summed E-state index contributed by atoms with van der Waals surface area (Å²) in [5, 5.41) is 6.34. The van der Waals surface area contributed by atoms with E-state index in [1.54, 1.807) is 24.7 Å². The summed E-state index contributed by atoms with van der Waals surface area (Å²) < 4.78 is 0. The van der Waals surface area contributed by atoms with Gasteiger partial charge in [0.2, 0.25) is 0 Å². The molecule has 138 valence electrons. The first-order valence-electron chi connectivity index (χ1n) is 8.36. The van der Waals surface area contributed by atoms with E-state index >= 15 is 0 Å². The van der Waals surface area contributed by atoms with Crippen molar-refractivity contribution < 1.29 is 4.79 Å². The van der Waals surface area contributed by atoms with Crippen LogP contribution in [-0.2, 0) is 6.54 Å². The van der Waals surface area contributed by atoms with Gasteiger partial charge in [-0.25, -0.2) is 9.97 Å². The van der Waals surface area contributed by atoms with Gasteiger partial charge in [0.15, 0.2) is 0 Å². The van der Waals surface area contributed by atoms with Gasteiger partial charge in [-0.05, 0) is 11.6 Å². The standard InChI is InChI=1S/C19H21N7O/c1-26(2)16-6-4-3-5-13(16)10-23-15-9-17(24-11-14(15)19(20)27)25-18-12-21-7-8-22-18/h3-9,11-12H,10H2,1-2H3,(H2,20,27)(H2,22,23,24,25). The number of hydrogen-bond donors (Lipinski definition) is 3. The molecule has 0 saturated carbocycles. The van der Waals surface area contributed by atoms with Crippen LogP contribution in [0.15, 0.2) is 55.1 Å². The second kappa shape index (κ2) is 8.13. The van der Waals surface area contributed by atoms with Crippen molar-refractivity contribution in [3.05, 3.63) is 66.2 Å². The van der Waals surface area contributed by atoms with Crippen molar-refractivity contribution in [1.29, 1.82) is 0 Å². The molecule has 0 aliphatic carbocycles. The van der Waals surface area contributed by atoms with Gasteiger partial charge in [0, 0.05) is 51.0 Å². The molecule has 27 heavy (non-hydrogen) atoms. The number of hydrogen-bond acceptors (Lipinski definition) is 7. The van der Waals surface area contributed by atoms with Gasteiger partial charge in [-0.3, -0.25) is 9.78 Å². The van der Waals surface area contributed by atoms with E-state index in [1.807, 2.05) is 43.3 Å². The molecule has 0 radical (unpaired) electrons. The number of carbonyl (C=O) groups is 1. The van der Waals surface area contributed by atoms with Crippen molar-refractivity contribution in [2.75, 3.05) is 29.6 Å². The fourth-order valence-corrected chi connectivity index (χ4v) is 2.65. The largest absolute Gasteiger partial charge is 0.380 e. The summed E-state index contributed by atoms with van der Waals surface area (Å²) in [4.78, 5) is 26.2. The van der Waals surface area contributed by atoms with Crippen LogP contribution >= 0.6 is 0 Å². The molecule has 3 aromatic rings. The number of nitrogens with one attached hydrogen (secondary N) is 2. The van der Waals surface area contributed by atoms with Gasteiger partial charge < -0.3 is 21.3 Å². The fraction of sp³-hybridized carbons (Fsp3) is 0.158. The molecular formula is C19H21N7O. The zero-order valence-electron chi connectivity index (χ0n) is 15.2. The summed E-state index contributed by atoms with van der Waals surface area (Å²) in [6.07, 6.45) is 6.20. The Hall–Kier alpha value is -3.68. The molecular weight excluding hydrogens is 342 g/mol. The highest BCUT2D eigenvalue weighted by Crippen LogP contribution is 2.23. The van der Waals surface area contributed by atoms with Crippen molar-refractivity contribution in [3.63, 3.8) is 0 Å². The Morgan fingerprint density at radius 2 is 1.93 bits per heavy atom. The Morgan fingerprint density at radius 1 is 1.11 bits per heavy atom. The van der Waals surface area contributed by atoms with Crippen LogP contribution in [0.25, 0.3) is 0 Å². The normalized spacial score (nSPS) is 10.3. The number of aromatic nitrogens is 3. The predicted octanol–water partition coefficient (Wildman–Crippen LogP) is 2.39. The van der Waals surface area contributed by atoms with Crippen LogP contribution in [0.3, 0.4) is 0 Å². The van der Waals surface area contributed by atoms with E-state index in [2.05, 4.69) is 25.6 Å². The maximum atomic E-state index is 11.8. The van der Waals surface area contributed by atoms with E-state index in [0.717, 1.165) is 11.3 Å². The zero-order valence-corrected chi connectivity index (χ0v) is 15.2. The molecule has 3 rings (SSSR count). The molecule has 0 saturated heterocycles. The molecule has 0 bridgehead atoms. The fourth-order valence-electron chi connectivity index (χ4n) is 2.65. The number of benzene rings is 1. The predicted molar refractivity (Wildman–Crippen MR) is 106 cm³/mol. The number of primary amides is 1. The number of para-hydroxylation sites is 1. The lowest BCUT2D eigenvalue weighted by Crippen LogP contribution is -2.16. The van der Waals surface area contributed by atoms with Crippen LogP contribution in [0, 0.1) is 0 Å². The van der Waals surface area contributed by atoms with E-state index in [9.17, 15) is 4.79 Å². The van der Waals surface area contributed by atoms with Crippen LogP contribution < -0.4 is 21.3 Å². The van der Waals surface area contributed by atoms with Gasteiger partial charge >= 0.3 is 0 Å². The number of rotatable bonds is 7. The molecule has 0 spiro atoms. The van der Waals surface area contributed by atoms with E-state index in [-0.39, 0.29) is 0 Å². The van der Waals surface area contributed by atoms with Crippen molar-refractivity contribution in [2.24, 2.45) is 5.73 Å². The lowest BCUT2D eigenvalue weighted by atomic mass is 10.1. The lowest BCUT2D eigenvalue weighted by molar-refractivity contribution is 0.100. The molecule has 1 amide bonds. The number of amides is 1. The summed E-state index contributed by atoms with van der Waals surface area (Å²) in [6, 6.07) is 9.77. The molecule has 4 N–H and O–H groups in total. The van der Waals surface area contributed by atoms with E-state index in [1.165, 1.54) is 6.20 Å². The minimum Gasteiger partial charge on any atom is -0.380 e. The molecule has 0 unspecified atom stereocenters. The summed E-state index contributed by atoms with van der Waals surface area (Å²) >= 11 is 0. The van der Waals surface area contributed by atoms with Crippen molar-refractivity contribution in [2.45, 2.75) is 6.54 Å². The third kappa shape index (κ3) is 4.49. The topological polar surface area (TPSA) is 109 Å². The van der Waals surface area contributed by atoms with Crippen LogP contribution in [0.1, 0.15) is 15.9 Å². The Balaban J connectivity index is 1.84. The van der Waals surface area contributed by atoms with E-state index < -0.39 is 5.91 Å². The first-order chi connectivity index (χ1) is 13.0. The van der Waals surface area contributed by atoms with Gasteiger partial charge in [-0.15, -0.1) is 0 Å². The zero-order chi connectivity index (χ0) is 19.2. The highest BCUT2D eigenvalue weighted by Gasteiger charge is 2.12. The summed E-state index contributed by atoms with van der Waals surface area (Å²) in [6.45, 7) is 0.531. The smallest absolute Gasteiger partial charge is 0.252 e.